The lowest BCUT2D eigenvalue weighted by Gasteiger charge is -2.34. The van der Waals surface area contributed by atoms with Gasteiger partial charge >= 0.3 is 0 Å². The summed E-state index contributed by atoms with van der Waals surface area (Å²) in [5, 5.41) is 0. The van der Waals surface area contributed by atoms with Crippen molar-refractivity contribution < 1.29 is 4.79 Å². The first-order valence-corrected chi connectivity index (χ1v) is 9.59. The number of allylic oxidation sites excluding steroid dienone is 2. The number of hydrogen-bond donors (Lipinski definition) is 0. The van der Waals surface area contributed by atoms with Crippen molar-refractivity contribution in [2.45, 2.75) is 31.6 Å². The van der Waals surface area contributed by atoms with Crippen LogP contribution in [0.4, 0.5) is 0 Å². The maximum atomic E-state index is 12.9. The Morgan fingerprint density at radius 3 is 2.60 bits per heavy atom. The molecule has 0 N–H and O–H groups in total. The third-order valence-electron chi connectivity index (χ3n) is 6.59. The van der Waals surface area contributed by atoms with Gasteiger partial charge in [0.2, 0.25) is 5.91 Å². The predicted molar refractivity (Wildman–Crippen MR) is 98.1 cm³/mol. The minimum Gasteiger partial charge on any atom is -0.342 e. The average Bonchev–Trinajstić information content (AvgIpc) is 3.36. The number of imidazole rings is 1. The summed E-state index contributed by atoms with van der Waals surface area (Å²) in [6, 6.07) is 8.33. The highest BCUT2D eigenvalue weighted by atomic mass is 16.2. The number of nitrogens with zero attached hydrogens (tertiary/aromatic N) is 3. The van der Waals surface area contributed by atoms with Gasteiger partial charge in [0.05, 0.1) is 11.0 Å². The van der Waals surface area contributed by atoms with Crippen LogP contribution in [0.25, 0.3) is 11.0 Å². The van der Waals surface area contributed by atoms with Crippen LogP contribution in [0.15, 0.2) is 36.4 Å². The quantitative estimate of drug-likeness (QED) is 0.788. The fraction of sp³-hybridized carbons (Fsp3) is 0.524. The number of carbonyl (C=O) groups excluding carboxylic acids is 1. The van der Waals surface area contributed by atoms with Crippen LogP contribution in [0, 0.1) is 17.8 Å². The van der Waals surface area contributed by atoms with Crippen molar-refractivity contribution in [3.8, 4) is 0 Å². The standard InChI is InChI=1S/C21H25N3O/c1-23-19-5-3-2-4-18(19)22-20(23)15-8-10-24(11-9-15)21(25)17-13-14-6-7-16(17)12-14/h2-7,14-17H,8-13H2,1H3/t14-,16+,17-/m1/s1. The molecule has 2 bridgehead atoms. The number of benzene rings is 1. The number of hydrogen-bond acceptors (Lipinski definition) is 2. The van der Waals surface area contributed by atoms with Crippen molar-refractivity contribution >= 4 is 16.9 Å². The molecule has 1 saturated heterocycles. The number of likely N-dealkylation sites (tertiary alicyclic amines) is 1. The van der Waals surface area contributed by atoms with Crippen molar-refractivity contribution in [1.82, 2.24) is 14.5 Å². The maximum Gasteiger partial charge on any atom is 0.226 e. The van der Waals surface area contributed by atoms with Crippen molar-refractivity contribution in [3.05, 3.63) is 42.2 Å². The second kappa shape index (κ2) is 5.72. The molecule has 4 heteroatoms. The zero-order chi connectivity index (χ0) is 17.0. The predicted octanol–water partition coefficient (Wildman–Crippen LogP) is 3.49. The molecule has 4 nitrogen and oxygen atoms in total. The zero-order valence-electron chi connectivity index (χ0n) is 14.8. The zero-order valence-corrected chi connectivity index (χ0v) is 14.8. The van der Waals surface area contributed by atoms with Crippen LogP contribution >= 0.6 is 0 Å². The summed E-state index contributed by atoms with van der Waals surface area (Å²) >= 11 is 0. The van der Waals surface area contributed by atoms with Gasteiger partial charge in [-0.1, -0.05) is 24.3 Å². The van der Waals surface area contributed by atoms with Crippen LogP contribution in [0.5, 0.6) is 0 Å². The summed E-state index contributed by atoms with van der Waals surface area (Å²) in [7, 11) is 2.11. The SMILES string of the molecule is Cn1c(C2CCN(C(=O)[C@@H]3C[C@@H]4C=C[C@H]3C4)CC2)nc2ccccc21. The lowest BCUT2D eigenvalue weighted by Crippen LogP contribution is -2.42. The highest BCUT2D eigenvalue weighted by Crippen LogP contribution is 2.44. The normalized spacial score (nSPS) is 29.0. The molecule has 130 valence electrons. The van der Waals surface area contributed by atoms with E-state index in [0.29, 0.717) is 23.7 Å². The molecule has 1 aliphatic heterocycles. The Balaban J connectivity index is 1.28. The fourth-order valence-corrected chi connectivity index (χ4v) is 5.19. The average molecular weight is 335 g/mol. The monoisotopic (exact) mass is 335 g/mol. The van der Waals surface area contributed by atoms with E-state index in [1.54, 1.807) is 0 Å². The van der Waals surface area contributed by atoms with Gasteiger partial charge in [0.25, 0.3) is 0 Å². The molecule has 3 aliphatic rings. The number of carbonyl (C=O) groups is 1. The van der Waals surface area contributed by atoms with E-state index in [-0.39, 0.29) is 5.92 Å². The number of para-hydroxylation sites is 2. The molecule has 0 spiro atoms. The molecular weight excluding hydrogens is 310 g/mol. The van der Waals surface area contributed by atoms with Gasteiger partial charge in [0, 0.05) is 32.0 Å². The van der Waals surface area contributed by atoms with Gasteiger partial charge in [0.15, 0.2) is 0 Å². The first-order chi connectivity index (χ1) is 12.2. The topological polar surface area (TPSA) is 38.1 Å². The summed E-state index contributed by atoms with van der Waals surface area (Å²) < 4.78 is 2.23. The molecule has 25 heavy (non-hydrogen) atoms. The van der Waals surface area contributed by atoms with Crippen LogP contribution in [-0.4, -0.2) is 33.4 Å². The number of rotatable bonds is 2. The van der Waals surface area contributed by atoms with Crippen molar-refractivity contribution in [3.63, 3.8) is 0 Å². The van der Waals surface area contributed by atoms with Gasteiger partial charge in [-0.3, -0.25) is 4.79 Å². The Kier molecular flexibility index (Phi) is 3.47. The number of piperidine rings is 1. The molecule has 1 amide bonds. The molecule has 1 aromatic carbocycles. The summed E-state index contributed by atoms with van der Waals surface area (Å²) in [6.45, 7) is 1.76. The smallest absolute Gasteiger partial charge is 0.226 e. The van der Waals surface area contributed by atoms with Gasteiger partial charge in [0.1, 0.15) is 5.82 Å². The van der Waals surface area contributed by atoms with Crippen molar-refractivity contribution in [2.24, 2.45) is 24.8 Å². The van der Waals surface area contributed by atoms with E-state index in [1.165, 1.54) is 17.8 Å². The third kappa shape index (κ3) is 2.42. The Morgan fingerprint density at radius 1 is 1.12 bits per heavy atom. The summed E-state index contributed by atoms with van der Waals surface area (Å²) in [5.74, 6) is 3.46. The van der Waals surface area contributed by atoms with Crippen LogP contribution < -0.4 is 0 Å². The maximum absolute atomic E-state index is 12.9. The van der Waals surface area contributed by atoms with E-state index in [1.807, 2.05) is 6.07 Å². The molecule has 2 aliphatic carbocycles. The number of amides is 1. The highest BCUT2D eigenvalue weighted by molar-refractivity contribution is 5.80. The molecule has 2 aromatic rings. The van der Waals surface area contributed by atoms with Crippen molar-refractivity contribution in [1.29, 1.82) is 0 Å². The third-order valence-corrected chi connectivity index (χ3v) is 6.59. The van der Waals surface area contributed by atoms with Gasteiger partial charge in [-0.25, -0.2) is 4.98 Å². The van der Waals surface area contributed by atoms with Crippen LogP contribution in [0.1, 0.15) is 37.4 Å². The van der Waals surface area contributed by atoms with Crippen LogP contribution in [0.3, 0.4) is 0 Å². The van der Waals surface area contributed by atoms with Gasteiger partial charge in [-0.2, -0.15) is 0 Å². The molecule has 2 fully saturated rings. The number of aryl methyl sites for hydroxylation is 1. The molecule has 5 rings (SSSR count). The van der Waals surface area contributed by atoms with Crippen LogP contribution in [-0.2, 0) is 11.8 Å². The summed E-state index contributed by atoms with van der Waals surface area (Å²) in [4.78, 5) is 19.9. The Labute approximate surface area is 148 Å². The summed E-state index contributed by atoms with van der Waals surface area (Å²) in [6.07, 6.45) is 8.92. The van der Waals surface area contributed by atoms with E-state index in [9.17, 15) is 4.79 Å². The lowest BCUT2D eigenvalue weighted by atomic mass is 9.90. The van der Waals surface area contributed by atoms with E-state index < -0.39 is 0 Å². The first-order valence-electron chi connectivity index (χ1n) is 9.59. The molecule has 1 aromatic heterocycles. The van der Waals surface area contributed by atoms with E-state index in [2.05, 4.69) is 46.9 Å². The Bertz CT molecular complexity index is 844. The molecule has 2 heterocycles. The number of fused-ring (bicyclic) bond motifs is 3. The largest absolute Gasteiger partial charge is 0.342 e. The molecule has 0 radical (unpaired) electrons. The second-order valence-corrected chi connectivity index (χ2v) is 8.00. The number of aromatic nitrogens is 2. The molecule has 1 saturated carbocycles. The Hall–Kier alpha value is -2.10. The summed E-state index contributed by atoms with van der Waals surface area (Å²) in [5.41, 5.74) is 2.28. The Morgan fingerprint density at radius 2 is 1.92 bits per heavy atom. The molecule has 3 atom stereocenters. The molecule has 0 unspecified atom stereocenters. The van der Waals surface area contributed by atoms with Crippen LogP contribution in [0.2, 0.25) is 0 Å². The van der Waals surface area contributed by atoms with E-state index >= 15 is 0 Å². The second-order valence-electron chi connectivity index (χ2n) is 8.00. The first kappa shape index (κ1) is 15.2. The highest BCUT2D eigenvalue weighted by Gasteiger charge is 2.42. The minimum absolute atomic E-state index is 0.252. The van der Waals surface area contributed by atoms with E-state index in [0.717, 1.165) is 37.9 Å². The van der Waals surface area contributed by atoms with Gasteiger partial charge < -0.3 is 9.47 Å². The fourth-order valence-electron chi connectivity index (χ4n) is 5.19. The molecular formula is C21H25N3O. The lowest BCUT2D eigenvalue weighted by molar-refractivity contribution is -0.137. The van der Waals surface area contributed by atoms with Gasteiger partial charge in [-0.15, -0.1) is 0 Å². The minimum atomic E-state index is 0.252. The van der Waals surface area contributed by atoms with E-state index in [4.69, 9.17) is 4.98 Å². The van der Waals surface area contributed by atoms with Gasteiger partial charge in [-0.05, 0) is 49.7 Å². The van der Waals surface area contributed by atoms with Crippen molar-refractivity contribution in [2.75, 3.05) is 13.1 Å².